The highest BCUT2D eigenvalue weighted by Crippen LogP contribution is 2.33. The van der Waals surface area contributed by atoms with Crippen LogP contribution in [0, 0.1) is 0 Å². The maximum absolute atomic E-state index is 12.3. The van der Waals surface area contributed by atoms with Crippen LogP contribution in [0.25, 0.3) is 11.3 Å². The molecule has 0 saturated heterocycles. The number of nitrogens with one attached hydrogen (secondary N) is 1. The van der Waals surface area contributed by atoms with Gasteiger partial charge in [-0.25, -0.2) is 13.4 Å². The fourth-order valence-corrected chi connectivity index (χ4v) is 4.26. The molecular weight excluding hydrogens is 454 g/mol. The molecule has 1 atom stereocenters. The van der Waals surface area contributed by atoms with E-state index in [9.17, 15) is 8.42 Å². The molecule has 2 aromatic carbocycles. The third kappa shape index (κ3) is 5.20. The van der Waals surface area contributed by atoms with Crippen LogP contribution in [0.2, 0.25) is 0 Å². The lowest BCUT2D eigenvalue weighted by atomic mass is 10.1. The summed E-state index contributed by atoms with van der Waals surface area (Å²) < 4.78 is 41.8. The molecule has 2 heterocycles. The number of nitrogens with zero attached hydrogens (tertiary/aromatic N) is 2. The molecule has 2 aromatic heterocycles. The van der Waals surface area contributed by atoms with Gasteiger partial charge in [0.05, 0.1) is 29.6 Å². The minimum absolute atomic E-state index is 0.000108. The zero-order valence-corrected chi connectivity index (χ0v) is 19.9. The number of ether oxygens (including phenoxy) is 2. The summed E-state index contributed by atoms with van der Waals surface area (Å²) in [7, 11) is -1.87. The van der Waals surface area contributed by atoms with Gasteiger partial charge in [-0.1, -0.05) is 19.1 Å². The van der Waals surface area contributed by atoms with Crippen molar-refractivity contribution in [1.29, 1.82) is 0 Å². The van der Waals surface area contributed by atoms with Gasteiger partial charge in [-0.3, -0.25) is 4.98 Å². The van der Waals surface area contributed by atoms with E-state index in [0.29, 0.717) is 22.9 Å². The Labute approximate surface area is 198 Å². The molecule has 0 bridgehead atoms. The zero-order valence-electron chi connectivity index (χ0n) is 19.1. The third-order valence-electron chi connectivity index (χ3n) is 5.26. The summed E-state index contributed by atoms with van der Waals surface area (Å²) in [6.45, 7) is 3.57. The quantitative estimate of drug-likeness (QED) is 0.339. The van der Waals surface area contributed by atoms with E-state index in [0.717, 1.165) is 11.1 Å². The minimum Gasteiger partial charge on any atom is -0.495 e. The number of rotatable bonds is 9. The van der Waals surface area contributed by atoms with E-state index < -0.39 is 9.84 Å². The Morgan fingerprint density at radius 2 is 1.88 bits per heavy atom. The molecule has 1 N–H and O–H groups in total. The van der Waals surface area contributed by atoms with Crippen molar-refractivity contribution in [3.63, 3.8) is 0 Å². The van der Waals surface area contributed by atoms with Gasteiger partial charge in [0.2, 0.25) is 0 Å². The predicted octanol–water partition coefficient (Wildman–Crippen LogP) is 5.42. The van der Waals surface area contributed by atoms with Crippen molar-refractivity contribution in [3.05, 3.63) is 78.8 Å². The highest BCUT2D eigenvalue weighted by molar-refractivity contribution is 7.91. The average molecular weight is 480 g/mol. The van der Waals surface area contributed by atoms with Gasteiger partial charge in [0, 0.05) is 18.0 Å². The Bertz CT molecular complexity index is 1370. The second kappa shape index (κ2) is 9.96. The largest absolute Gasteiger partial charge is 0.495 e. The zero-order chi connectivity index (χ0) is 24.1. The number of benzene rings is 2. The molecule has 176 valence electrons. The van der Waals surface area contributed by atoms with Crippen molar-refractivity contribution < 1.29 is 22.3 Å². The van der Waals surface area contributed by atoms with E-state index in [-0.39, 0.29) is 22.8 Å². The molecule has 0 amide bonds. The highest BCUT2D eigenvalue weighted by atomic mass is 32.2. The van der Waals surface area contributed by atoms with Crippen molar-refractivity contribution in [2.24, 2.45) is 0 Å². The lowest BCUT2D eigenvalue weighted by molar-refractivity contribution is 0.227. The van der Waals surface area contributed by atoms with Crippen molar-refractivity contribution in [3.8, 4) is 22.8 Å². The van der Waals surface area contributed by atoms with Crippen molar-refractivity contribution in [1.82, 2.24) is 9.97 Å². The summed E-state index contributed by atoms with van der Waals surface area (Å²) in [5.41, 5.74) is 2.25. The average Bonchev–Trinajstić information content (AvgIpc) is 3.33. The van der Waals surface area contributed by atoms with Crippen LogP contribution in [-0.4, -0.2) is 31.2 Å². The molecule has 4 rings (SSSR count). The molecule has 34 heavy (non-hydrogen) atoms. The Morgan fingerprint density at radius 3 is 2.62 bits per heavy atom. The smallest absolute Gasteiger partial charge is 0.299 e. The fraction of sp³-hybridized carbons (Fsp3) is 0.200. The van der Waals surface area contributed by atoms with Crippen LogP contribution in [0.4, 0.5) is 11.7 Å². The molecule has 1 unspecified atom stereocenters. The summed E-state index contributed by atoms with van der Waals surface area (Å²) >= 11 is 0. The van der Waals surface area contributed by atoms with Gasteiger partial charge in [0.15, 0.2) is 15.6 Å². The van der Waals surface area contributed by atoms with Gasteiger partial charge in [-0.2, -0.15) is 0 Å². The number of oxazole rings is 1. The first-order valence-electron chi connectivity index (χ1n) is 10.7. The van der Waals surface area contributed by atoms with Gasteiger partial charge in [0.25, 0.3) is 6.01 Å². The lowest BCUT2D eigenvalue weighted by Gasteiger charge is -2.15. The molecular formula is C25H25N3O5S. The minimum atomic E-state index is -3.37. The van der Waals surface area contributed by atoms with Crippen LogP contribution < -0.4 is 14.8 Å². The Kier molecular flexibility index (Phi) is 6.83. The highest BCUT2D eigenvalue weighted by Gasteiger charge is 2.16. The number of methoxy groups -OCH3 is 1. The fourth-order valence-electron chi connectivity index (χ4n) is 3.35. The molecule has 0 aliphatic rings. The standard InChI is InChI=1S/C25H25N3O5S/c1-4-34(29,30)21-8-9-23(31-3)22(15-21)28-25-27-16-24(33-25)19-6-5-7-20(14-19)32-17(2)18-10-12-26-13-11-18/h5-17H,4H2,1-3H3,(H,27,28). The number of hydrogen-bond acceptors (Lipinski definition) is 8. The van der Waals surface area contributed by atoms with E-state index in [1.165, 1.54) is 19.2 Å². The van der Waals surface area contributed by atoms with Gasteiger partial charge >= 0.3 is 0 Å². The van der Waals surface area contributed by atoms with Crippen LogP contribution in [-0.2, 0) is 9.84 Å². The summed E-state index contributed by atoms with van der Waals surface area (Å²) in [5, 5.41) is 3.01. The summed E-state index contributed by atoms with van der Waals surface area (Å²) in [6.07, 6.45) is 4.91. The molecule has 0 radical (unpaired) electrons. The Balaban J connectivity index is 1.54. The van der Waals surface area contributed by atoms with Gasteiger partial charge in [-0.05, 0) is 55.0 Å². The topological polar surface area (TPSA) is 104 Å². The molecule has 0 spiro atoms. The maximum Gasteiger partial charge on any atom is 0.299 e. The first kappa shape index (κ1) is 23.3. The molecule has 0 saturated carbocycles. The number of aromatic nitrogens is 2. The van der Waals surface area contributed by atoms with Crippen LogP contribution >= 0.6 is 0 Å². The van der Waals surface area contributed by atoms with Gasteiger partial charge < -0.3 is 19.2 Å². The van der Waals surface area contributed by atoms with Crippen molar-refractivity contribution >= 4 is 21.5 Å². The molecule has 0 aliphatic carbocycles. The van der Waals surface area contributed by atoms with Gasteiger partial charge in [0.1, 0.15) is 17.6 Å². The first-order chi connectivity index (χ1) is 16.4. The van der Waals surface area contributed by atoms with E-state index in [2.05, 4.69) is 15.3 Å². The number of pyridine rings is 1. The SMILES string of the molecule is CCS(=O)(=O)c1ccc(OC)c(Nc2ncc(-c3cccc(OC(C)c4ccncc4)c3)o2)c1. The summed E-state index contributed by atoms with van der Waals surface area (Å²) in [6, 6.07) is 16.2. The van der Waals surface area contributed by atoms with Crippen LogP contribution in [0.3, 0.4) is 0 Å². The first-order valence-corrected chi connectivity index (χ1v) is 12.4. The normalized spacial score (nSPS) is 12.2. The summed E-state index contributed by atoms with van der Waals surface area (Å²) in [4.78, 5) is 8.51. The number of sulfone groups is 1. The Morgan fingerprint density at radius 1 is 1.09 bits per heavy atom. The van der Waals surface area contributed by atoms with Crippen LogP contribution in [0.5, 0.6) is 11.5 Å². The molecule has 0 fully saturated rings. The molecule has 8 nitrogen and oxygen atoms in total. The van der Waals surface area contributed by atoms with Gasteiger partial charge in [-0.15, -0.1) is 0 Å². The number of anilines is 2. The second-order valence-electron chi connectivity index (χ2n) is 7.49. The molecule has 9 heteroatoms. The van der Waals surface area contributed by atoms with E-state index in [1.807, 2.05) is 43.3 Å². The van der Waals surface area contributed by atoms with E-state index in [4.69, 9.17) is 13.9 Å². The lowest BCUT2D eigenvalue weighted by Crippen LogP contribution is -2.05. The van der Waals surface area contributed by atoms with E-state index in [1.54, 1.807) is 31.6 Å². The molecule has 4 aromatic rings. The second-order valence-corrected chi connectivity index (χ2v) is 9.77. The Hall–Kier alpha value is -3.85. The van der Waals surface area contributed by atoms with Crippen molar-refractivity contribution in [2.75, 3.05) is 18.2 Å². The monoisotopic (exact) mass is 479 g/mol. The van der Waals surface area contributed by atoms with E-state index >= 15 is 0 Å². The number of hydrogen-bond donors (Lipinski definition) is 1. The summed E-state index contributed by atoms with van der Waals surface area (Å²) in [5.74, 6) is 1.68. The maximum atomic E-state index is 12.3. The van der Waals surface area contributed by atoms with Crippen LogP contribution in [0.1, 0.15) is 25.5 Å². The van der Waals surface area contributed by atoms with Crippen LogP contribution in [0.15, 0.2) is 82.5 Å². The molecule has 0 aliphatic heterocycles. The predicted molar refractivity (Wildman–Crippen MR) is 129 cm³/mol. The third-order valence-corrected chi connectivity index (χ3v) is 7.00. The van der Waals surface area contributed by atoms with Crippen molar-refractivity contribution in [2.45, 2.75) is 24.8 Å².